The van der Waals surface area contributed by atoms with Gasteiger partial charge >= 0.3 is 6.18 Å². The Hall–Kier alpha value is -3.33. The summed E-state index contributed by atoms with van der Waals surface area (Å²) in [6.07, 6.45) is -1.61. The lowest BCUT2D eigenvalue weighted by Crippen LogP contribution is -2.10. The lowest BCUT2D eigenvalue weighted by molar-refractivity contribution is -0.141. The van der Waals surface area contributed by atoms with Gasteiger partial charge in [0.1, 0.15) is 5.69 Å². The quantitative estimate of drug-likeness (QED) is 0.482. The van der Waals surface area contributed by atoms with Gasteiger partial charge in [0.05, 0.1) is 5.69 Å². The van der Waals surface area contributed by atoms with Crippen molar-refractivity contribution in [1.82, 2.24) is 25.1 Å². The van der Waals surface area contributed by atoms with Gasteiger partial charge in [-0.1, -0.05) is 28.9 Å². The van der Waals surface area contributed by atoms with Crippen LogP contribution in [0.3, 0.4) is 0 Å². The molecule has 3 heterocycles. The maximum Gasteiger partial charge on any atom is 0.433 e. The molecule has 0 fully saturated rings. The van der Waals surface area contributed by atoms with Crippen molar-refractivity contribution in [3.8, 4) is 34.4 Å². The van der Waals surface area contributed by atoms with Crippen LogP contribution in [0.2, 0.25) is 5.02 Å². The van der Waals surface area contributed by atoms with E-state index in [-0.39, 0.29) is 23.2 Å². The van der Waals surface area contributed by atoms with Crippen molar-refractivity contribution < 1.29 is 17.7 Å². The SMILES string of the molecule is FC(F)(F)c1cc(-c2ccc(Cl)cc2)nc(-c2nc(-c3cccnc3)no2)n1. The average molecular weight is 404 g/mol. The van der Waals surface area contributed by atoms with E-state index < -0.39 is 11.9 Å². The van der Waals surface area contributed by atoms with Gasteiger partial charge in [0.25, 0.3) is 5.89 Å². The Balaban J connectivity index is 1.81. The summed E-state index contributed by atoms with van der Waals surface area (Å²) in [6, 6.07) is 10.4. The predicted molar refractivity (Wildman–Crippen MR) is 94.0 cm³/mol. The fourth-order valence-electron chi connectivity index (χ4n) is 2.38. The largest absolute Gasteiger partial charge is 0.433 e. The molecule has 0 spiro atoms. The first-order valence-electron chi connectivity index (χ1n) is 7.87. The molecule has 3 aromatic heterocycles. The first-order valence-corrected chi connectivity index (χ1v) is 8.24. The van der Waals surface area contributed by atoms with Gasteiger partial charge < -0.3 is 4.52 Å². The molecule has 0 amide bonds. The molecule has 0 aliphatic heterocycles. The molecule has 0 aliphatic rings. The summed E-state index contributed by atoms with van der Waals surface area (Å²) < 4.78 is 45.1. The van der Waals surface area contributed by atoms with E-state index in [4.69, 9.17) is 16.1 Å². The third-order valence-electron chi connectivity index (χ3n) is 3.69. The van der Waals surface area contributed by atoms with Crippen molar-refractivity contribution in [2.24, 2.45) is 0 Å². The number of nitrogens with zero attached hydrogens (tertiary/aromatic N) is 5. The number of benzene rings is 1. The highest BCUT2D eigenvalue weighted by molar-refractivity contribution is 6.30. The second-order valence-electron chi connectivity index (χ2n) is 5.63. The lowest BCUT2D eigenvalue weighted by Gasteiger charge is -2.09. The smallest absolute Gasteiger partial charge is 0.330 e. The van der Waals surface area contributed by atoms with Crippen LogP contribution in [0.5, 0.6) is 0 Å². The molecule has 28 heavy (non-hydrogen) atoms. The highest BCUT2D eigenvalue weighted by Gasteiger charge is 2.34. The van der Waals surface area contributed by atoms with E-state index in [1.807, 2.05) is 0 Å². The molecule has 0 bridgehead atoms. The topological polar surface area (TPSA) is 77.6 Å². The first kappa shape index (κ1) is 18.1. The fraction of sp³-hybridized carbons (Fsp3) is 0.0556. The van der Waals surface area contributed by atoms with Crippen LogP contribution in [0.4, 0.5) is 13.2 Å². The second kappa shape index (κ2) is 7.01. The first-order chi connectivity index (χ1) is 13.4. The number of rotatable bonds is 3. The molecule has 0 saturated heterocycles. The Labute approximate surface area is 161 Å². The van der Waals surface area contributed by atoms with Crippen LogP contribution in [-0.2, 0) is 6.18 Å². The van der Waals surface area contributed by atoms with E-state index in [2.05, 4.69) is 25.1 Å². The Kier molecular flexibility index (Phi) is 4.52. The summed E-state index contributed by atoms with van der Waals surface area (Å²) in [5.41, 5.74) is -0.0911. The molecule has 1 aromatic carbocycles. The fourth-order valence-corrected chi connectivity index (χ4v) is 2.51. The summed E-state index contributed by atoms with van der Waals surface area (Å²) in [6.45, 7) is 0. The van der Waals surface area contributed by atoms with Gasteiger partial charge in [0.15, 0.2) is 0 Å². The minimum Gasteiger partial charge on any atom is -0.330 e. The van der Waals surface area contributed by atoms with Crippen molar-refractivity contribution in [3.05, 3.63) is 65.6 Å². The average Bonchev–Trinajstić information content (AvgIpc) is 3.18. The van der Waals surface area contributed by atoms with Crippen LogP contribution in [0.1, 0.15) is 5.69 Å². The van der Waals surface area contributed by atoms with Gasteiger partial charge in [0.2, 0.25) is 11.6 Å². The highest BCUT2D eigenvalue weighted by atomic mass is 35.5. The third-order valence-corrected chi connectivity index (χ3v) is 3.95. The van der Waals surface area contributed by atoms with Gasteiger partial charge in [-0.05, 0) is 30.3 Å². The van der Waals surface area contributed by atoms with Gasteiger partial charge in [-0.3, -0.25) is 4.98 Å². The van der Waals surface area contributed by atoms with E-state index in [1.54, 1.807) is 42.6 Å². The van der Waals surface area contributed by atoms with Gasteiger partial charge in [-0.25, -0.2) is 9.97 Å². The normalized spacial score (nSPS) is 11.6. The third kappa shape index (κ3) is 3.70. The molecule has 6 nitrogen and oxygen atoms in total. The summed E-state index contributed by atoms with van der Waals surface area (Å²) in [4.78, 5) is 15.7. The van der Waals surface area contributed by atoms with E-state index in [1.165, 1.54) is 6.20 Å². The second-order valence-corrected chi connectivity index (χ2v) is 6.07. The van der Waals surface area contributed by atoms with Crippen LogP contribution in [-0.4, -0.2) is 25.1 Å². The molecular formula is C18H9ClF3N5O. The number of alkyl halides is 3. The summed E-state index contributed by atoms with van der Waals surface area (Å²) >= 11 is 5.84. The van der Waals surface area contributed by atoms with Crippen LogP contribution >= 0.6 is 11.6 Å². The molecule has 0 N–H and O–H groups in total. The Morgan fingerprint density at radius 1 is 0.893 bits per heavy atom. The Morgan fingerprint density at radius 3 is 2.36 bits per heavy atom. The molecule has 0 atom stereocenters. The van der Waals surface area contributed by atoms with E-state index in [9.17, 15) is 13.2 Å². The van der Waals surface area contributed by atoms with Gasteiger partial charge in [0, 0.05) is 28.5 Å². The number of pyridine rings is 1. The molecule has 0 radical (unpaired) electrons. The van der Waals surface area contributed by atoms with Crippen molar-refractivity contribution in [2.75, 3.05) is 0 Å². The molecule has 0 unspecified atom stereocenters. The van der Waals surface area contributed by atoms with Gasteiger partial charge in [-0.15, -0.1) is 0 Å². The lowest BCUT2D eigenvalue weighted by atomic mass is 10.1. The maximum atomic E-state index is 13.3. The van der Waals surface area contributed by atoms with Crippen molar-refractivity contribution in [1.29, 1.82) is 0 Å². The van der Waals surface area contributed by atoms with Crippen molar-refractivity contribution in [2.45, 2.75) is 6.18 Å². The monoisotopic (exact) mass is 403 g/mol. The minimum absolute atomic E-state index is 0.0510. The predicted octanol–water partition coefficient (Wildman–Crippen LogP) is 4.93. The minimum atomic E-state index is -4.68. The van der Waals surface area contributed by atoms with Crippen molar-refractivity contribution in [3.63, 3.8) is 0 Å². The summed E-state index contributed by atoms with van der Waals surface area (Å²) in [7, 11) is 0. The summed E-state index contributed by atoms with van der Waals surface area (Å²) in [5, 5.41) is 4.21. The number of hydrogen-bond donors (Lipinski definition) is 0. The molecule has 140 valence electrons. The highest BCUT2D eigenvalue weighted by Crippen LogP contribution is 2.32. The van der Waals surface area contributed by atoms with E-state index in [0.717, 1.165) is 6.07 Å². The van der Waals surface area contributed by atoms with E-state index >= 15 is 0 Å². The molecule has 0 saturated carbocycles. The standard InChI is InChI=1S/C18H9ClF3N5O/c19-12-5-3-10(4-6-12)13-8-14(18(20,21)22)25-16(24-13)17-26-15(27-28-17)11-2-1-7-23-9-11/h1-9H. The Morgan fingerprint density at radius 2 is 1.68 bits per heavy atom. The molecule has 4 aromatic rings. The van der Waals surface area contributed by atoms with Crippen LogP contribution in [0, 0.1) is 0 Å². The molecular weight excluding hydrogens is 395 g/mol. The summed E-state index contributed by atoms with van der Waals surface area (Å²) in [5.74, 6) is -0.403. The van der Waals surface area contributed by atoms with Crippen LogP contribution in [0.15, 0.2) is 59.4 Å². The van der Waals surface area contributed by atoms with Crippen LogP contribution < -0.4 is 0 Å². The van der Waals surface area contributed by atoms with Crippen LogP contribution in [0.25, 0.3) is 34.4 Å². The van der Waals surface area contributed by atoms with E-state index in [0.29, 0.717) is 16.1 Å². The number of hydrogen-bond acceptors (Lipinski definition) is 6. The molecule has 4 rings (SSSR count). The molecule has 0 aliphatic carbocycles. The zero-order valence-corrected chi connectivity index (χ0v) is 14.6. The Bertz CT molecular complexity index is 1110. The van der Waals surface area contributed by atoms with Crippen molar-refractivity contribution >= 4 is 11.6 Å². The van der Waals surface area contributed by atoms with Gasteiger partial charge in [-0.2, -0.15) is 18.2 Å². The number of halogens is 4. The number of aromatic nitrogens is 5. The zero-order chi connectivity index (χ0) is 19.7. The maximum absolute atomic E-state index is 13.3. The zero-order valence-electron chi connectivity index (χ0n) is 13.9. The molecule has 10 heteroatoms.